The van der Waals surface area contributed by atoms with Crippen molar-refractivity contribution in [2.75, 3.05) is 6.61 Å². The van der Waals surface area contributed by atoms with E-state index in [1.54, 1.807) is 0 Å². The molecule has 24 heavy (non-hydrogen) atoms. The predicted molar refractivity (Wildman–Crippen MR) is 88.4 cm³/mol. The highest BCUT2D eigenvalue weighted by molar-refractivity contribution is 5.23. The molecule has 0 unspecified atom stereocenters. The zero-order valence-corrected chi connectivity index (χ0v) is 14.4. The minimum Gasteiger partial charge on any atom is -0.378 e. The van der Waals surface area contributed by atoms with Crippen LogP contribution in [0.15, 0.2) is 12.1 Å². The van der Waals surface area contributed by atoms with Gasteiger partial charge in [0.2, 0.25) is 0 Å². The van der Waals surface area contributed by atoms with E-state index in [0.717, 1.165) is 50.3 Å². The van der Waals surface area contributed by atoms with Gasteiger partial charge >= 0.3 is 0 Å². The van der Waals surface area contributed by atoms with E-state index >= 15 is 0 Å². The van der Waals surface area contributed by atoms with E-state index in [-0.39, 0.29) is 12.0 Å². The Hall–Kier alpha value is -1.03. The molecule has 2 aliphatic rings. The lowest BCUT2D eigenvalue weighted by atomic mass is 9.82. The van der Waals surface area contributed by atoms with Crippen molar-refractivity contribution < 1.29 is 17.9 Å². The van der Waals surface area contributed by atoms with E-state index < -0.39 is 17.5 Å². The second-order valence-electron chi connectivity index (χ2n) is 7.73. The van der Waals surface area contributed by atoms with Gasteiger partial charge in [0.25, 0.3) is 0 Å². The van der Waals surface area contributed by atoms with Gasteiger partial charge in [0.15, 0.2) is 17.5 Å². The molecule has 0 aliphatic heterocycles. The lowest BCUT2D eigenvalue weighted by Gasteiger charge is -2.31. The van der Waals surface area contributed by atoms with E-state index in [1.165, 1.54) is 25.7 Å². The Bertz CT molecular complexity index is 521. The first kappa shape index (κ1) is 17.8. The van der Waals surface area contributed by atoms with Crippen molar-refractivity contribution in [1.82, 2.24) is 0 Å². The minimum atomic E-state index is -1.38. The van der Waals surface area contributed by atoms with Gasteiger partial charge in [-0.2, -0.15) is 0 Å². The van der Waals surface area contributed by atoms with E-state index in [0.29, 0.717) is 11.5 Å². The normalized spacial score (nSPS) is 31.2. The van der Waals surface area contributed by atoms with Crippen molar-refractivity contribution in [3.63, 3.8) is 0 Å². The number of ether oxygens (including phenoxy) is 1. The fourth-order valence-corrected chi connectivity index (χ4v) is 4.14. The van der Waals surface area contributed by atoms with Crippen LogP contribution < -0.4 is 0 Å². The van der Waals surface area contributed by atoms with Crippen LogP contribution in [0.3, 0.4) is 0 Å². The average Bonchev–Trinajstić information content (AvgIpc) is 2.59. The van der Waals surface area contributed by atoms with Gasteiger partial charge < -0.3 is 4.74 Å². The summed E-state index contributed by atoms with van der Waals surface area (Å²) in [6, 6.07) is 2.29. The lowest BCUT2D eigenvalue weighted by molar-refractivity contribution is -0.00407. The maximum Gasteiger partial charge on any atom is 0.194 e. The quantitative estimate of drug-likeness (QED) is 0.613. The van der Waals surface area contributed by atoms with Crippen molar-refractivity contribution in [2.45, 2.75) is 70.3 Å². The van der Waals surface area contributed by atoms with Crippen LogP contribution in [-0.2, 0) is 4.74 Å². The summed E-state index contributed by atoms with van der Waals surface area (Å²) in [6.45, 7) is 3.17. The molecule has 0 atom stereocenters. The molecule has 2 fully saturated rings. The molecule has 1 nitrogen and oxygen atoms in total. The Morgan fingerprint density at radius 1 is 0.875 bits per heavy atom. The van der Waals surface area contributed by atoms with Crippen molar-refractivity contribution in [2.24, 2.45) is 11.8 Å². The summed E-state index contributed by atoms with van der Waals surface area (Å²) in [6.07, 6.45) is 8.92. The van der Waals surface area contributed by atoms with Crippen LogP contribution >= 0.6 is 0 Å². The third kappa shape index (κ3) is 4.33. The van der Waals surface area contributed by atoms with Gasteiger partial charge in [-0.25, -0.2) is 13.2 Å². The Morgan fingerprint density at radius 3 is 2.04 bits per heavy atom. The minimum absolute atomic E-state index is 0.102. The smallest absolute Gasteiger partial charge is 0.194 e. The summed E-state index contributed by atoms with van der Waals surface area (Å²) in [5.41, 5.74) is 0.575. The fraction of sp³-hybridized carbons (Fsp3) is 0.700. The number of hydrogen-bond acceptors (Lipinski definition) is 1. The molecule has 1 aromatic rings. The number of benzene rings is 1. The van der Waals surface area contributed by atoms with Crippen LogP contribution in [0, 0.1) is 29.3 Å². The molecule has 2 aliphatic carbocycles. The van der Waals surface area contributed by atoms with Crippen LogP contribution in [0.25, 0.3) is 0 Å². The highest BCUT2D eigenvalue weighted by Gasteiger charge is 2.26. The molecule has 134 valence electrons. The fourth-order valence-electron chi connectivity index (χ4n) is 4.14. The summed E-state index contributed by atoms with van der Waals surface area (Å²) >= 11 is 0. The number of rotatable bonds is 4. The van der Waals surface area contributed by atoms with Crippen LogP contribution in [0.2, 0.25) is 0 Å². The Kier molecular flexibility index (Phi) is 5.85. The van der Waals surface area contributed by atoms with Gasteiger partial charge in [-0.3, -0.25) is 0 Å². The van der Waals surface area contributed by atoms with Crippen molar-refractivity contribution in [1.29, 1.82) is 0 Å². The first-order valence-electron chi connectivity index (χ1n) is 9.29. The van der Waals surface area contributed by atoms with Gasteiger partial charge in [0, 0.05) is 6.61 Å². The molecule has 2 saturated carbocycles. The molecule has 0 aromatic heterocycles. The van der Waals surface area contributed by atoms with Crippen molar-refractivity contribution in [3.05, 3.63) is 35.1 Å². The molecule has 0 N–H and O–H groups in total. The highest BCUT2D eigenvalue weighted by Crippen LogP contribution is 2.36. The molecule has 0 bridgehead atoms. The van der Waals surface area contributed by atoms with Gasteiger partial charge in [-0.15, -0.1) is 0 Å². The standard InChI is InChI=1S/C20H27F3O/c1-13-2-4-14(5-3-13)12-24-17-8-6-15(7-9-17)16-10-18(21)20(23)19(22)11-16/h10-11,13-15,17H,2-9,12H2,1H3. The van der Waals surface area contributed by atoms with Gasteiger partial charge in [0.05, 0.1) is 6.10 Å². The molecular formula is C20H27F3O. The second kappa shape index (κ2) is 7.90. The van der Waals surface area contributed by atoms with Crippen molar-refractivity contribution in [3.8, 4) is 0 Å². The summed E-state index contributed by atoms with van der Waals surface area (Å²) in [4.78, 5) is 0. The van der Waals surface area contributed by atoms with Crippen LogP contribution in [0.5, 0.6) is 0 Å². The zero-order chi connectivity index (χ0) is 17.1. The van der Waals surface area contributed by atoms with Crippen LogP contribution in [0.4, 0.5) is 13.2 Å². The summed E-state index contributed by atoms with van der Waals surface area (Å²) in [5.74, 6) is -1.90. The maximum atomic E-state index is 13.4. The first-order chi connectivity index (χ1) is 11.5. The zero-order valence-electron chi connectivity index (χ0n) is 14.4. The van der Waals surface area contributed by atoms with E-state index in [1.807, 2.05) is 0 Å². The Balaban J connectivity index is 1.46. The van der Waals surface area contributed by atoms with Crippen LogP contribution in [0.1, 0.15) is 69.8 Å². The molecule has 3 rings (SSSR count). The SMILES string of the molecule is CC1CCC(COC2CCC(c3cc(F)c(F)c(F)c3)CC2)CC1. The van der Waals surface area contributed by atoms with E-state index in [4.69, 9.17) is 4.74 Å². The van der Waals surface area contributed by atoms with Crippen molar-refractivity contribution >= 4 is 0 Å². The third-order valence-electron chi connectivity index (χ3n) is 5.85. The topological polar surface area (TPSA) is 9.23 Å². The third-order valence-corrected chi connectivity index (χ3v) is 5.85. The summed E-state index contributed by atoms with van der Waals surface area (Å²) in [5, 5.41) is 0. The Labute approximate surface area is 142 Å². The average molecular weight is 340 g/mol. The molecule has 0 spiro atoms. The van der Waals surface area contributed by atoms with Gasteiger partial charge in [0.1, 0.15) is 0 Å². The number of hydrogen-bond donors (Lipinski definition) is 0. The molecule has 1 aromatic carbocycles. The number of halogens is 3. The molecular weight excluding hydrogens is 313 g/mol. The monoisotopic (exact) mass is 340 g/mol. The maximum absolute atomic E-state index is 13.4. The molecule has 4 heteroatoms. The summed E-state index contributed by atoms with van der Waals surface area (Å²) in [7, 11) is 0. The van der Waals surface area contributed by atoms with E-state index in [9.17, 15) is 13.2 Å². The molecule has 0 radical (unpaired) electrons. The second-order valence-corrected chi connectivity index (χ2v) is 7.73. The molecule has 0 saturated heterocycles. The van der Waals surface area contributed by atoms with Gasteiger partial charge in [-0.05, 0) is 74.0 Å². The first-order valence-corrected chi connectivity index (χ1v) is 9.29. The largest absolute Gasteiger partial charge is 0.378 e. The van der Waals surface area contributed by atoms with Gasteiger partial charge in [-0.1, -0.05) is 19.8 Å². The molecule has 0 amide bonds. The van der Waals surface area contributed by atoms with E-state index in [2.05, 4.69) is 6.92 Å². The van der Waals surface area contributed by atoms with Crippen LogP contribution in [-0.4, -0.2) is 12.7 Å². The lowest BCUT2D eigenvalue weighted by Crippen LogP contribution is -2.25. The Morgan fingerprint density at radius 2 is 1.46 bits per heavy atom. The predicted octanol–water partition coefficient (Wildman–Crippen LogP) is 5.97. The molecule has 0 heterocycles. The summed E-state index contributed by atoms with van der Waals surface area (Å²) < 4.78 is 45.9. The highest BCUT2D eigenvalue weighted by atomic mass is 19.2.